The summed E-state index contributed by atoms with van der Waals surface area (Å²) in [5.41, 5.74) is -0.697. The largest absolute Gasteiger partial charge is 0.477 e. The van der Waals surface area contributed by atoms with Gasteiger partial charge in [0.15, 0.2) is 0 Å². The van der Waals surface area contributed by atoms with Crippen LogP contribution in [0, 0.1) is 0 Å². The van der Waals surface area contributed by atoms with E-state index < -0.39 is 21.5 Å². The summed E-state index contributed by atoms with van der Waals surface area (Å²) in [6.07, 6.45) is 2.82. The first kappa shape index (κ1) is 16.0. The third kappa shape index (κ3) is 3.45. The van der Waals surface area contributed by atoms with Gasteiger partial charge in [-0.25, -0.2) is 17.9 Å². The van der Waals surface area contributed by atoms with E-state index in [9.17, 15) is 13.2 Å². The molecule has 7 nitrogen and oxygen atoms in total. The highest BCUT2D eigenvalue weighted by molar-refractivity contribution is 7.89. The number of carboxylic acids is 1. The van der Waals surface area contributed by atoms with Crippen molar-refractivity contribution in [3.8, 4) is 0 Å². The number of aromatic nitrogens is 1. The molecule has 2 rings (SSSR count). The summed E-state index contributed by atoms with van der Waals surface area (Å²) in [7, 11) is -3.78. The highest BCUT2D eigenvalue weighted by Gasteiger charge is 2.33. The van der Waals surface area contributed by atoms with Gasteiger partial charge >= 0.3 is 5.97 Å². The molecule has 1 unspecified atom stereocenters. The number of carboxylic acid groups (broad SMARTS) is 1. The molecule has 1 aromatic rings. The Labute approximate surface area is 124 Å². The third-order valence-corrected chi connectivity index (χ3v) is 5.17. The molecule has 0 bridgehead atoms. The molecule has 1 aliphatic heterocycles. The molecule has 0 amide bonds. The van der Waals surface area contributed by atoms with E-state index in [-0.39, 0.29) is 10.6 Å². The fourth-order valence-electron chi connectivity index (χ4n) is 2.47. The van der Waals surface area contributed by atoms with Crippen molar-refractivity contribution in [2.24, 2.45) is 0 Å². The molecule has 118 valence electrons. The van der Waals surface area contributed by atoms with Gasteiger partial charge in [0.1, 0.15) is 10.6 Å². The number of nitrogens with zero attached hydrogens (tertiary/aromatic N) is 1. The molecule has 0 saturated carbocycles. The average molecular weight is 316 g/mol. The Bertz CT molecular complexity index is 629. The molecule has 1 saturated heterocycles. The number of aromatic carboxylic acids is 1. The van der Waals surface area contributed by atoms with Crippen molar-refractivity contribution in [3.63, 3.8) is 0 Å². The standard InChI is InChI=1S/C13H20N2O5S/c1-3-15-8-10(7-11(15)12(16)17)21(18,19)14-13(2)5-4-6-20-9-13/h7-8,14H,3-6,9H2,1-2H3,(H,16,17). The van der Waals surface area contributed by atoms with E-state index in [1.165, 1.54) is 16.8 Å². The van der Waals surface area contributed by atoms with Gasteiger partial charge in [0.25, 0.3) is 0 Å². The first-order chi connectivity index (χ1) is 9.77. The second kappa shape index (κ2) is 5.78. The molecule has 0 aliphatic carbocycles. The van der Waals surface area contributed by atoms with Gasteiger partial charge in [-0.3, -0.25) is 0 Å². The highest BCUT2D eigenvalue weighted by Crippen LogP contribution is 2.23. The lowest BCUT2D eigenvalue weighted by molar-refractivity contribution is 0.0386. The van der Waals surface area contributed by atoms with Crippen LogP contribution in [-0.2, 0) is 21.3 Å². The van der Waals surface area contributed by atoms with Crippen molar-refractivity contribution in [1.82, 2.24) is 9.29 Å². The van der Waals surface area contributed by atoms with Crippen LogP contribution in [0.2, 0.25) is 0 Å². The Morgan fingerprint density at radius 2 is 2.29 bits per heavy atom. The fourth-order valence-corrected chi connectivity index (χ4v) is 3.93. The fraction of sp³-hybridized carbons (Fsp3) is 0.615. The quantitative estimate of drug-likeness (QED) is 0.846. The van der Waals surface area contributed by atoms with E-state index in [0.29, 0.717) is 26.2 Å². The number of aryl methyl sites for hydroxylation is 1. The van der Waals surface area contributed by atoms with Crippen molar-refractivity contribution in [1.29, 1.82) is 0 Å². The Hall–Kier alpha value is -1.38. The van der Waals surface area contributed by atoms with Crippen LogP contribution in [0.25, 0.3) is 0 Å². The predicted molar refractivity (Wildman–Crippen MR) is 75.8 cm³/mol. The van der Waals surface area contributed by atoms with Crippen LogP contribution in [0.3, 0.4) is 0 Å². The second-order valence-corrected chi connectivity index (χ2v) is 7.16. The average Bonchev–Trinajstić information content (AvgIpc) is 2.83. The Kier molecular flexibility index (Phi) is 4.40. The van der Waals surface area contributed by atoms with E-state index >= 15 is 0 Å². The molecule has 1 aromatic heterocycles. The van der Waals surface area contributed by atoms with E-state index in [4.69, 9.17) is 9.84 Å². The van der Waals surface area contributed by atoms with Gasteiger partial charge in [-0.05, 0) is 32.8 Å². The number of sulfonamides is 1. The number of ether oxygens (including phenoxy) is 1. The van der Waals surface area contributed by atoms with Crippen molar-refractivity contribution < 1.29 is 23.1 Å². The summed E-state index contributed by atoms with van der Waals surface area (Å²) in [6.45, 7) is 4.88. The van der Waals surface area contributed by atoms with Gasteiger partial charge in [-0.1, -0.05) is 0 Å². The first-order valence-electron chi connectivity index (χ1n) is 6.82. The molecule has 2 heterocycles. The van der Waals surface area contributed by atoms with Crippen LogP contribution < -0.4 is 4.72 Å². The van der Waals surface area contributed by atoms with Gasteiger partial charge in [-0.15, -0.1) is 0 Å². The summed E-state index contributed by atoms with van der Waals surface area (Å²) in [6, 6.07) is 1.18. The lowest BCUT2D eigenvalue weighted by atomic mass is 9.97. The summed E-state index contributed by atoms with van der Waals surface area (Å²) in [5.74, 6) is -1.15. The molecular weight excluding hydrogens is 296 g/mol. The van der Waals surface area contributed by atoms with Crippen molar-refractivity contribution in [2.45, 2.75) is 43.7 Å². The maximum Gasteiger partial charge on any atom is 0.352 e. The van der Waals surface area contributed by atoms with Crippen molar-refractivity contribution in [2.75, 3.05) is 13.2 Å². The zero-order valence-corrected chi connectivity index (χ0v) is 12.9. The number of rotatable bonds is 5. The van der Waals surface area contributed by atoms with Crippen molar-refractivity contribution in [3.05, 3.63) is 18.0 Å². The normalized spacial score (nSPS) is 23.1. The summed E-state index contributed by atoms with van der Waals surface area (Å²) in [5, 5.41) is 9.09. The molecule has 0 spiro atoms. The van der Waals surface area contributed by atoms with E-state index in [1.54, 1.807) is 13.8 Å². The number of nitrogens with one attached hydrogen (secondary N) is 1. The van der Waals surface area contributed by atoms with Crippen LogP contribution in [0.5, 0.6) is 0 Å². The second-order valence-electron chi connectivity index (χ2n) is 5.47. The molecule has 0 radical (unpaired) electrons. The maximum atomic E-state index is 12.4. The summed E-state index contributed by atoms with van der Waals surface area (Å²) >= 11 is 0. The number of carbonyl (C=O) groups is 1. The molecule has 1 fully saturated rings. The van der Waals surface area contributed by atoms with Crippen LogP contribution in [0.4, 0.5) is 0 Å². The molecule has 0 aromatic carbocycles. The zero-order chi connectivity index (χ0) is 15.7. The minimum Gasteiger partial charge on any atom is -0.477 e. The first-order valence-corrected chi connectivity index (χ1v) is 8.31. The molecule has 8 heteroatoms. The summed E-state index contributed by atoms with van der Waals surface area (Å²) < 4.78 is 34.2. The lowest BCUT2D eigenvalue weighted by Crippen LogP contribution is -2.51. The van der Waals surface area contributed by atoms with Gasteiger partial charge in [0.2, 0.25) is 10.0 Å². The maximum absolute atomic E-state index is 12.4. The Balaban J connectivity index is 2.29. The molecule has 2 N–H and O–H groups in total. The molecule has 1 aliphatic rings. The molecule has 21 heavy (non-hydrogen) atoms. The number of hydrogen-bond acceptors (Lipinski definition) is 4. The van der Waals surface area contributed by atoms with Crippen molar-refractivity contribution >= 4 is 16.0 Å². The predicted octanol–water partition coefficient (Wildman–Crippen LogP) is 1.05. The molecule has 1 atom stereocenters. The lowest BCUT2D eigenvalue weighted by Gasteiger charge is -2.33. The topological polar surface area (TPSA) is 97.6 Å². The minimum absolute atomic E-state index is 0.0338. The molecular formula is C13H20N2O5S. The smallest absolute Gasteiger partial charge is 0.352 e. The van der Waals surface area contributed by atoms with Gasteiger partial charge in [0.05, 0.1) is 12.1 Å². The third-order valence-electron chi connectivity index (χ3n) is 3.56. The van der Waals surface area contributed by atoms with Gasteiger partial charge in [-0.2, -0.15) is 0 Å². The van der Waals surface area contributed by atoms with Gasteiger partial charge < -0.3 is 14.4 Å². The van der Waals surface area contributed by atoms with Crippen LogP contribution in [-0.4, -0.2) is 42.8 Å². The van der Waals surface area contributed by atoms with Gasteiger partial charge in [0, 0.05) is 19.3 Å². The SMILES string of the molecule is CCn1cc(S(=O)(=O)NC2(C)CCCOC2)cc1C(=O)O. The minimum atomic E-state index is -3.78. The Morgan fingerprint density at radius 3 is 2.76 bits per heavy atom. The number of hydrogen-bond donors (Lipinski definition) is 2. The Morgan fingerprint density at radius 1 is 1.57 bits per heavy atom. The highest BCUT2D eigenvalue weighted by atomic mass is 32.2. The van der Waals surface area contributed by atoms with Crippen LogP contribution in [0.1, 0.15) is 37.2 Å². The zero-order valence-electron chi connectivity index (χ0n) is 12.1. The van der Waals surface area contributed by atoms with E-state index in [1.807, 2.05) is 0 Å². The monoisotopic (exact) mass is 316 g/mol. The van der Waals surface area contributed by atoms with Crippen LogP contribution in [0.15, 0.2) is 17.2 Å². The van der Waals surface area contributed by atoms with E-state index in [2.05, 4.69) is 4.72 Å². The van der Waals surface area contributed by atoms with E-state index in [0.717, 1.165) is 6.42 Å². The summed E-state index contributed by atoms with van der Waals surface area (Å²) in [4.78, 5) is 11.1. The van der Waals surface area contributed by atoms with Crippen LogP contribution >= 0.6 is 0 Å².